The van der Waals surface area contributed by atoms with Crippen LogP contribution < -0.4 is 20.1 Å². The molecule has 1 heterocycles. The lowest BCUT2D eigenvalue weighted by molar-refractivity contribution is -0.123. The van der Waals surface area contributed by atoms with E-state index in [0.29, 0.717) is 17.0 Å². The molecule has 0 spiro atoms. The lowest BCUT2D eigenvalue weighted by atomic mass is 10.0. The van der Waals surface area contributed by atoms with Gasteiger partial charge in [0.05, 0.1) is 24.1 Å². The summed E-state index contributed by atoms with van der Waals surface area (Å²) in [5.41, 5.74) is 1.87. The average Bonchev–Trinajstić information content (AvgIpc) is 3.59. The number of nitrogens with one attached hydrogen (secondary N) is 2. The van der Waals surface area contributed by atoms with Crippen molar-refractivity contribution in [3.63, 3.8) is 0 Å². The van der Waals surface area contributed by atoms with Gasteiger partial charge in [0.25, 0.3) is 5.91 Å². The summed E-state index contributed by atoms with van der Waals surface area (Å²) in [7, 11) is 1.62. The summed E-state index contributed by atoms with van der Waals surface area (Å²) in [5, 5.41) is 7.82. The number of thiophene rings is 1. The van der Waals surface area contributed by atoms with E-state index < -0.39 is 6.04 Å². The number of benzene rings is 2. The van der Waals surface area contributed by atoms with E-state index in [0.717, 1.165) is 29.7 Å². The fourth-order valence-corrected chi connectivity index (χ4v) is 4.96. The van der Waals surface area contributed by atoms with Crippen LogP contribution in [-0.2, 0) is 11.2 Å². The molecule has 0 radical (unpaired) electrons. The zero-order valence-electron chi connectivity index (χ0n) is 20.2. The van der Waals surface area contributed by atoms with E-state index >= 15 is 0 Å². The molecule has 0 saturated heterocycles. The van der Waals surface area contributed by atoms with Crippen LogP contribution in [0.15, 0.2) is 66.0 Å². The molecule has 7 heteroatoms. The predicted molar refractivity (Wildman–Crippen MR) is 138 cm³/mol. The number of hydrogen-bond acceptors (Lipinski definition) is 5. The van der Waals surface area contributed by atoms with E-state index in [9.17, 15) is 9.59 Å². The van der Waals surface area contributed by atoms with E-state index in [-0.39, 0.29) is 24.0 Å². The molecular weight excluding hydrogens is 460 g/mol. The third kappa shape index (κ3) is 6.63. The minimum atomic E-state index is -0.707. The molecule has 1 saturated carbocycles. The molecule has 2 atom stereocenters. The van der Waals surface area contributed by atoms with Gasteiger partial charge < -0.3 is 20.1 Å². The second kappa shape index (κ2) is 11.9. The summed E-state index contributed by atoms with van der Waals surface area (Å²) in [6.07, 6.45) is 5.16. The van der Waals surface area contributed by atoms with Crippen molar-refractivity contribution in [2.45, 2.75) is 57.2 Å². The number of ether oxygens (including phenoxy) is 2. The maximum Gasteiger partial charge on any atom is 0.262 e. The minimum absolute atomic E-state index is 0.234. The molecule has 2 unspecified atom stereocenters. The van der Waals surface area contributed by atoms with Gasteiger partial charge in [0, 0.05) is 6.42 Å². The van der Waals surface area contributed by atoms with Crippen LogP contribution in [0.3, 0.4) is 0 Å². The van der Waals surface area contributed by atoms with Gasteiger partial charge in [0.1, 0.15) is 6.04 Å². The number of carbonyl (C=O) groups is 2. The third-order valence-electron chi connectivity index (χ3n) is 6.29. The first-order chi connectivity index (χ1) is 17.0. The topological polar surface area (TPSA) is 76.7 Å². The van der Waals surface area contributed by atoms with Crippen molar-refractivity contribution in [3.8, 4) is 11.5 Å². The Morgan fingerprint density at radius 2 is 1.77 bits per heavy atom. The third-order valence-corrected chi connectivity index (χ3v) is 7.16. The molecule has 1 aliphatic carbocycles. The lowest BCUT2D eigenvalue weighted by Gasteiger charge is -2.23. The Bertz CT molecular complexity index is 1110. The molecule has 0 bridgehead atoms. The van der Waals surface area contributed by atoms with Gasteiger partial charge in [-0.1, -0.05) is 42.5 Å². The van der Waals surface area contributed by atoms with E-state index in [1.165, 1.54) is 24.2 Å². The fourth-order valence-electron chi connectivity index (χ4n) is 4.33. The first kappa shape index (κ1) is 24.8. The molecule has 2 amide bonds. The SMILES string of the molecule is COc1cc(C(C)NC(=O)C(Cc2ccccc2)NC(=O)c2cccs2)ccc1OC1CCCC1. The van der Waals surface area contributed by atoms with Crippen molar-refractivity contribution in [3.05, 3.63) is 82.0 Å². The van der Waals surface area contributed by atoms with E-state index in [1.54, 1.807) is 13.2 Å². The van der Waals surface area contributed by atoms with Gasteiger partial charge in [-0.3, -0.25) is 9.59 Å². The molecule has 2 aromatic carbocycles. The van der Waals surface area contributed by atoms with Crippen LogP contribution in [0.5, 0.6) is 11.5 Å². The first-order valence-corrected chi connectivity index (χ1v) is 12.9. The zero-order valence-corrected chi connectivity index (χ0v) is 21.0. The molecule has 35 heavy (non-hydrogen) atoms. The Kier molecular flexibility index (Phi) is 8.42. The number of rotatable bonds is 10. The monoisotopic (exact) mass is 492 g/mol. The van der Waals surface area contributed by atoms with Crippen LogP contribution in [0.25, 0.3) is 0 Å². The quantitative estimate of drug-likeness (QED) is 0.403. The Labute approximate surface area is 210 Å². The summed E-state index contributed by atoms with van der Waals surface area (Å²) < 4.78 is 11.7. The molecule has 3 aromatic rings. The fraction of sp³-hybridized carbons (Fsp3) is 0.357. The van der Waals surface area contributed by atoms with Gasteiger partial charge in [-0.05, 0) is 67.3 Å². The van der Waals surface area contributed by atoms with Crippen LogP contribution in [0, 0.1) is 0 Å². The number of amides is 2. The summed E-state index contributed by atoms with van der Waals surface area (Å²) in [5.74, 6) is 0.893. The van der Waals surface area contributed by atoms with Crippen molar-refractivity contribution in [1.29, 1.82) is 0 Å². The van der Waals surface area contributed by atoms with Crippen molar-refractivity contribution in [2.24, 2.45) is 0 Å². The summed E-state index contributed by atoms with van der Waals surface area (Å²) >= 11 is 1.35. The van der Waals surface area contributed by atoms with E-state index in [2.05, 4.69) is 10.6 Å². The molecule has 184 valence electrons. The van der Waals surface area contributed by atoms with Crippen LogP contribution in [0.2, 0.25) is 0 Å². The van der Waals surface area contributed by atoms with Gasteiger partial charge in [0.15, 0.2) is 11.5 Å². The first-order valence-electron chi connectivity index (χ1n) is 12.1. The van der Waals surface area contributed by atoms with Crippen LogP contribution in [-0.4, -0.2) is 31.1 Å². The number of hydrogen-bond donors (Lipinski definition) is 2. The predicted octanol–water partition coefficient (Wildman–Crippen LogP) is 5.30. The highest BCUT2D eigenvalue weighted by atomic mass is 32.1. The van der Waals surface area contributed by atoms with Crippen LogP contribution in [0.4, 0.5) is 0 Å². The number of methoxy groups -OCH3 is 1. The highest BCUT2D eigenvalue weighted by Crippen LogP contribution is 2.33. The summed E-state index contributed by atoms with van der Waals surface area (Å²) in [6, 6.07) is 18.0. The second-order valence-corrected chi connectivity index (χ2v) is 9.81. The molecular formula is C28H32N2O4S. The van der Waals surface area contributed by atoms with Gasteiger partial charge in [-0.2, -0.15) is 0 Å². The van der Waals surface area contributed by atoms with Gasteiger partial charge in [-0.15, -0.1) is 11.3 Å². The second-order valence-electron chi connectivity index (χ2n) is 8.86. The average molecular weight is 493 g/mol. The highest BCUT2D eigenvalue weighted by Gasteiger charge is 2.25. The molecule has 6 nitrogen and oxygen atoms in total. The van der Waals surface area contributed by atoms with E-state index in [1.807, 2.05) is 66.9 Å². The Hall–Kier alpha value is -3.32. The van der Waals surface area contributed by atoms with Crippen molar-refractivity contribution in [1.82, 2.24) is 10.6 Å². The highest BCUT2D eigenvalue weighted by molar-refractivity contribution is 7.12. The smallest absolute Gasteiger partial charge is 0.262 e. The van der Waals surface area contributed by atoms with Gasteiger partial charge in [-0.25, -0.2) is 0 Å². The molecule has 4 rings (SSSR count). The van der Waals surface area contributed by atoms with E-state index in [4.69, 9.17) is 9.47 Å². The van der Waals surface area contributed by atoms with Gasteiger partial charge in [0.2, 0.25) is 5.91 Å². The maximum absolute atomic E-state index is 13.3. The van der Waals surface area contributed by atoms with Gasteiger partial charge >= 0.3 is 0 Å². The maximum atomic E-state index is 13.3. The Balaban J connectivity index is 1.46. The van der Waals surface area contributed by atoms with Crippen LogP contribution in [0.1, 0.15) is 59.4 Å². The largest absolute Gasteiger partial charge is 0.493 e. The molecule has 0 aliphatic heterocycles. The normalized spacial score (nSPS) is 15.3. The zero-order chi connectivity index (χ0) is 24.6. The van der Waals surface area contributed by atoms with Crippen molar-refractivity contribution >= 4 is 23.2 Å². The molecule has 2 N–H and O–H groups in total. The Morgan fingerprint density at radius 3 is 2.46 bits per heavy atom. The molecule has 1 aromatic heterocycles. The summed E-state index contributed by atoms with van der Waals surface area (Å²) in [6.45, 7) is 1.92. The van der Waals surface area contributed by atoms with Crippen molar-refractivity contribution < 1.29 is 19.1 Å². The minimum Gasteiger partial charge on any atom is -0.493 e. The number of carbonyl (C=O) groups excluding carboxylic acids is 2. The van der Waals surface area contributed by atoms with Crippen LogP contribution >= 0.6 is 11.3 Å². The molecule has 1 aliphatic rings. The van der Waals surface area contributed by atoms with Crippen molar-refractivity contribution in [2.75, 3.05) is 7.11 Å². The standard InChI is InChI=1S/C28H32N2O4S/c1-19(21-14-15-24(25(18-21)33-2)34-22-11-6-7-12-22)29-27(31)23(17-20-9-4-3-5-10-20)30-28(32)26-13-8-16-35-26/h3-5,8-10,13-16,18-19,22-23H,6-7,11-12,17H2,1-2H3,(H,29,31)(H,30,32). The summed E-state index contributed by atoms with van der Waals surface area (Å²) in [4.78, 5) is 26.6. The molecule has 1 fully saturated rings. The lowest BCUT2D eigenvalue weighted by Crippen LogP contribution is -2.48. The Morgan fingerprint density at radius 1 is 1.00 bits per heavy atom.